The van der Waals surface area contributed by atoms with E-state index in [0.29, 0.717) is 11.7 Å². The van der Waals surface area contributed by atoms with Gasteiger partial charge >= 0.3 is 0 Å². The van der Waals surface area contributed by atoms with Crippen LogP contribution in [-0.4, -0.2) is 125 Å². The topological polar surface area (TPSA) is 241 Å². The maximum Gasteiger partial charge on any atom is 0.226 e. The van der Waals surface area contributed by atoms with Crippen LogP contribution in [0, 0.1) is 0 Å². The summed E-state index contributed by atoms with van der Waals surface area (Å²) in [5.74, 6) is 4.64. The van der Waals surface area contributed by atoms with E-state index in [0.717, 1.165) is 181 Å². The second kappa shape index (κ2) is 29.7. The van der Waals surface area contributed by atoms with Crippen LogP contribution in [0.15, 0.2) is 112 Å². The van der Waals surface area contributed by atoms with Crippen LogP contribution < -0.4 is 35.8 Å². The number of ether oxygens (including phenoxy) is 1. The number of aliphatic imine (C=N–C) groups is 1. The molecule has 20 nitrogen and oxygen atoms in total. The van der Waals surface area contributed by atoms with Crippen LogP contribution in [0.1, 0.15) is 88.2 Å². The normalized spacial score (nSPS) is 15.5. The van der Waals surface area contributed by atoms with Crippen molar-refractivity contribution in [2.75, 3.05) is 90.5 Å². The van der Waals surface area contributed by atoms with Gasteiger partial charge < -0.3 is 35.8 Å². The van der Waals surface area contributed by atoms with Crippen LogP contribution in [-0.2, 0) is 6.54 Å². The van der Waals surface area contributed by atoms with Gasteiger partial charge in [0.05, 0.1) is 73.1 Å². The monoisotopic (exact) mass is 1600 g/mol. The largest absolute Gasteiger partial charge is 0.481 e. The van der Waals surface area contributed by atoms with Crippen molar-refractivity contribution in [2.24, 2.45) is 4.99 Å². The molecule has 0 radical (unpaired) electrons. The third kappa shape index (κ3) is 14.4. The summed E-state index contributed by atoms with van der Waals surface area (Å²) < 4.78 is 13.6. The van der Waals surface area contributed by atoms with Crippen LogP contribution in [0.2, 0.25) is 0 Å². The molecular formula is C67H65Br4N19OS4. The molecule has 12 aromatic rings. The van der Waals surface area contributed by atoms with Crippen molar-refractivity contribution in [3.05, 3.63) is 118 Å². The van der Waals surface area contributed by atoms with Gasteiger partial charge in [-0.1, -0.05) is 18.2 Å². The van der Waals surface area contributed by atoms with Gasteiger partial charge in [0.15, 0.2) is 0 Å². The Bertz CT molecular complexity index is 4570. The molecule has 1 aromatic carbocycles. The molecule has 0 atom stereocenters. The fourth-order valence-electron chi connectivity index (χ4n) is 12.2. The van der Waals surface area contributed by atoms with Crippen molar-refractivity contribution < 1.29 is 4.74 Å². The number of fused-ring (bicyclic) bond motifs is 5. The Kier molecular flexibility index (Phi) is 20.4. The first-order valence-electron chi connectivity index (χ1n) is 31.7. The number of piperidine rings is 4. The number of methoxy groups -OCH3 is 1. The van der Waals surface area contributed by atoms with Crippen molar-refractivity contribution in [2.45, 2.75) is 83.6 Å². The Morgan fingerprint density at radius 3 is 1.18 bits per heavy atom. The molecule has 17 rings (SSSR count). The second-order valence-corrected chi connectivity index (χ2v) is 30.4. The van der Waals surface area contributed by atoms with Crippen LogP contribution >= 0.6 is 109 Å². The van der Waals surface area contributed by atoms with Crippen LogP contribution in [0.5, 0.6) is 5.88 Å². The van der Waals surface area contributed by atoms with E-state index in [4.69, 9.17) is 56.1 Å². The number of hydrogen-bond acceptors (Lipinski definition) is 24. The minimum Gasteiger partial charge on any atom is -0.481 e. The van der Waals surface area contributed by atoms with E-state index in [9.17, 15) is 0 Å². The first-order chi connectivity index (χ1) is 46.5. The number of rotatable bonds is 9. The number of nitrogens with zero attached hydrogens (tertiary/aromatic N) is 17. The van der Waals surface area contributed by atoms with E-state index >= 15 is 0 Å². The Morgan fingerprint density at radius 2 is 0.789 bits per heavy atom. The highest BCUT2D eigenvalue weighted by Gasteiger charge is 2.26. The van der Waals surface area contributed by atoms with Gasteiger partial charge in [-0.2, -0.15) is 0 Å². The van der Waals surface area contributed by atoms with Gasteiger partial charge in [-0.25, -0.2) is 59.8 Å². The van der Waals surface area contributed by atoms with Gasteiger partial charge in [0.2, 0.25) is 35.6 Å². The molecule has 4 saturated heterocycles. The number of nitrogens with two attached hydrogens (primary N) is 2. The summed E-state index contributed by atoms with van der Waals surface area (Å²) >= 11 is 21.1. The fourth-order valence-corrected chi connectivity index (χ4v) is 18.5. The molecular weight excluding hydrogens is 1530 g/mol. The van der Waals surface area contributed by atoms with Crippen molar-refractivity contribution >= 4 is 192 Å². The number of pyridine rings is 2. The zero-order chi connectivity index (χ0) is 64.9. The first kappa shape index (κ1) is 65.2. The second-order valence-electron chi connectivity index (χ2n) is 23.5. The fraction of sp³-hybridized carbons (Fsp3) is 0.328. The van der Waals surface area contributed by atoms with Crippen molar-refractivity contribution in [3.63, 3.8) is 0 Å². The van der Waals surface area contributed by atoms with E-state index < -0.39 is 0 Å². The molecule has 5 aliphatic heterocycles. The predicted octanol–water partition coefficient (Wildman–Crippen LogP) is 17.1. The SMILES string of the molecule is Brc1csc2c(-c3cccc4c3C=NC4)nc(N3CCCCC3)nc12.COc1ccc(-c2nc(N3CCCCC3)nc3c(Br)csc23)cn1.Nc1ccc(-c2nc(N3CCCCC3)nc3c(Br)csc23)cn1.Nc1ncc(-c2nc(N3CCCCC3)nc3c(Br)csc23)cn1. The maximum absolute atomic E-state index is 5.71. The van der Waals surface area contributed by atoms with Gasteiger partial charge in [0.25, 0.3) is 0 Å². The zero-order valence-corrected chi connectivity index (χ0v) is 61.5. The van der Waals surface area contributed by atoms with Crippen LogP contribution in [0.3, 0.4) is 0 Å². The average Bonchev–Trinajstić information content (AvgIpc) is 1.74. The molecule has 95 heavy (non-hydrogen) atoms. The van der Waals surface area contributed by atoms with Gasteiger partial charge in [-0.15, -0.1) is 45.3 Å². The van der Waals surface area contributed by atoms with Crippen molar-refractivity contribution in [3.8, 4) is 50.9 Å². The zero-order valence-electron chi connectivity index (χ0n) is 51.9. The molecule has 0 saturated carbocycles. The van der Waals surface area contributed by atoms with Gasteiger partial charge in [0.1, 0.15) is 27.9 Å². The Hall–Kier alpha value is -7.05. The number of anilines is 6. The molecule has 4 fully saturated rings. The first-order valence-corrected chi connectivity index (χ1v) is 38.4. The standard InChI is InChI=1S/C19H17BrN4S.C17H17BrN4OS.C16H16BrN5S.C15H15BrN6S/c20-15-11-25-18-16(13-6-4-5-12-9-21-10-14(12)13)22-19(23-17(15)18)24-7-2-1-3-8-24;1-23-13-6-5-11(9-19-13)14-16-15(12(18)10-24-16)21-17(20-14)22-7-3-2-4-8-22;17-11-9-23-15-13(10-4-5-12(18)19-8-10)20-16(21-14(11)15)22-6-2-1-3-7-22;16-10-8-23-13-11(9-6-18-14(17)19-7-9)20-15(21-12(10)13)22-4-2-1-3-5-22/h4-6,10-11H,1-3,7-9H2;5-6,9-10H,2-4,7-8H2,1H3;4-5,8-9H,1-3,6-7H2,(H2,18,19);6-8H,1-5H2,(H2,17,18,19). The molecule has 0 amide bonds. The Balaban J connectivity index is 0.000000109. The molecule has 0 bridgehead atoms. The number of thiophene rings is 4. The van der Waals surface area contributed by atoms with Gasteiger partial charge in [-0.3, -0.25) is 4.99 Å². The average molecular weight is 1600 g/mol. The molecule has 0 aliphatic carbocycles. The molecule has 28 heteroatoms. The van der Waals surface area contributed by atoms with Gasteiger partial charge in [0, 0.05) is 139 Å². The maximum atomic E-state index is 5.71. The molecule has 5 aliphatic rings. The molecule has 4 N–H and O–H groups in total. The molecule has 486 valence electrons. The highest BCUT2D eigenvalue weighted by atomic mass is 79.9. The third-order valence-electron chi connectivity index (χ3n) is 17.2. The Morgan fingerprint density at radius 1 is 0.411 bits per heavy atom. The van der Waals surface area contributed by atoms with Crippen LogP contribution in [0.4, 0.5) is 35.6 Å². The van der Waals surface area contributed by atoms with E-state index in [1.807, 2.05) is 42.1 Å². The number of aromatic nitrogens is 12. The van der Waals surface area contributed by atoms with E-state index in [1.54, 1.807) is 71.0 Å². The highest BCUT2D eigenvalue weighted by Crippen LogP contribution is 2.43. The number of benzene rings is 1. The van der Waals surface area contributed by atoms with E-state index in [1.165, 1.54) is 93.7 Å². The lowest BCUT2D eigenvalue weighted by molar-refractivity contribution is 0.398. The summed E-state index contributed by atoms with van der Waals surface area (Å²) in [6, 6.07) is 14.1. The molecule has 0 spiro atoms. The third-order valence-corrected chi connectivity index (χ3v) is 24.7. The summed E-state index contributed by atoms with van der Waals surface area (Å²) in [5.41, 5.74) is 25.4. The molecule has 16 heterocycles. The summed E-state index contributed by atoms with van der Waals surface area (Å²) in [6.45, 7) is 8.95. The van der Waals surface area contributed by atoms with Crippen LogP contribution in [0.25, 0.3) is 85.9 Å². The quantitative estimate of drug-likeness (QED) is 0.136. The highest BCUT2D eigenvalue weighted by molar-refractivity contribution is 9.11. The Labute approximate surface area is 598 Å². The minimum atomic E-state index is 0.266. The smallest absolute Gasteiger partial charge is 0.226 e. The molecule has 11 aromatic heterocycles. The lowest BCUT2D eigenvalue weighted by Gasteiger charge is -2.27. The number of halogens is 4. The lowest BCUT2D eigenvalue weighted by atomic mass is 10.0. The number of hydrogen-bond donors (Lipinski definition) is 2. The predicted molar refractivity (Wildman–Crippen MR) is 404 cm³/mol. The van der Waals surface area contributed by atoms with E-state index in [2.05, 4.69) is 143 Å². The number of nitrogen functional groups attached to an aromatic ring is 2. The molecule has 0 unspecified atom stereocenters. The summed E-state index contributed by atoms with van der Waals surface area (Å²) in [7, 11) is 1.62. The summed E-state index contributed by atoms with van der Waals surface area (Å²) in [4.78, 5) is 69.2. The van der Waals surface area contributed by atoms with Crippen molar-refractivity contribution in [1.82, 2.24) is 59.8 Å². The summed E-state index contributed by atoms with van der Waals surface area (Å²) in [6.07, 6.45) is 23.8. The summed E-state index contributed by atoms with van der Waals surface area (Å²) in [5, 5.41) is 8.29. The lowest BCUT2D eigenvalue weighted by Crippen LogP contribution is -2.31. The van der Waals surface area contributed by atoms with E-state index in [-0.39, 0.29) is 5.95 Å². The minimum absolute atomic E-state index is 0.266. The van der Waals surface area contributed by atoms with Gasteiger partial charge in [-0.05, 0) is 165 Å². The van der Waals surface area contributed by atoms with Crippen molar-refractivity contribution in [1.29, 1.82) is 0 Å².